The van der Waals surface area contributed by atoms with E-state index in [0.717, 1.165) is 16.9 Å². The van der Waals surface area contributed by atoms with Gasteiger partial charge in [-0.25, -0.2) is 0 Å². The van der Waals surface area contributed by atoms with Gasteiger partial charge in [-0.3, -0.25) is 24.0 Å². The van der Waals surface area contributed by atoms with E-state index in [1.54, 1.807) is 24.1 Å². The molecule has 0 aromatic carbocycles. The van der Waals surface area contributed by atoms with Crippen molar-refractivity contribution in [2.75, 3.05) is 13.6 Å². The maximum atomic E-state index is 12.5. The third-order valence-corrected chi connectivity index (χ3v) is 3.63. The van der Waals surface area contributed by atoms with Crippen molar-refractivity contribution in [2.24, 2.45) is 7.05 Å². The van der Waals surface area contributed by atoms with E-state index in [-0.39, 0.29) is 30.6 Å². The number of rotatable bonds is 5. The van der Waals surface area contributed by atoms with Crippen molar-refractivity contribution in [3.63, 3.8) is 0 Å². The molecule has 0 bridgehead atoms. The van der Waals surface area contributed by atoms with E-state index in [4.69, 9.17) is 0 Å². The Morgan fingerprint density at radius 2 is 2.14 bits per heavy atom. The summed E-state index contributed by atoms with van der Waals surface area (Å²) in [5, 5.41) is 4.03. The van der Waals surface area contributed by atoms with Gasteiger partial charge in [-0.15, -0.1) is 0 Å². The molecule has 1 atom stereocenters. The first-order valence-electron chi connectivity index (χ1n) is 7.01. The summed E-state index contributed by atoms with van der Waals surface area (Å²) in [6, 6.07) is -0.661. The van der Waals surface area contributed by atoms with Crippen molar-refractivity contribution in [1.29, 1.82) is 0 Å². The molecule has 1 fully saturated rings. The Kier molecular flexibility index (Phi) is 4.40. The molecule has 21 heavy (non-hydrogen) atoms. The molecule has 0 N–H and O–H groups in total. The highest BCUT2D eigenvalue weighted by Gasteiger charge is 2.41. The number of likely N-dealkylation sites (tertiary alicyclic amines) is 1. The lowest BCUT2D eigenvalue weighted by Gasteiger charge is -2.26. The quantitative estimate of drug-likeness (QED) is 0.714. The SMILES string of the molecule is CCCN(C(=O)Cc1cnn(C)c1)[C@H]1CC(=O)N(C)C1=O. The van der Waals surface area contributed by atoms with Gasteiger partial charge in [-0.2, -0.15) is 5.10 Å². The number of hydrogen-bond acceptors (Lipinski definition) is 4. The molecule has 1 aliphatic rings. The third kappa shape index (κ3) is 3.12. The zero-order valence-corrected chi connectivity index (χ0v) is 12.6. The van der Waals surface area contributed by atoms with Crippen LogP contribution in [0.4, 0.5) is 0 Å². The van der Waals surface area contributed by atoms with E-state index in [2.05, 4.69) is 5.10 Å². The number of likely N-dealkylation sites (N-methyl/N-ethyl adjacent to an activating group) is 1. The predicted octanol–water partition coefficient (Wildman–Crippen LogP) is -0.0415. The van der Waals surface area contributed by atoms with Gasteiger partial charge in [0.25, 0.3) is 5.91 Å². The smallest absolute Gasteiger partial charge is 0.252 e. The summed E-state index contributed by atoms with van der Waals surface area (Å²) in [6.45, 7) is 2.41. The molecule has 1 aromatic heterocycles. The molecule has 7 nitrogen and oxygen atoms in total. The summed E-state index contributed by atoms with van der Waals surface area (Å²) in [5.74, 6) is -0.681. The normalized spacial score (nSPS) is 18.4. The lowest BCUT2D eigenvalue weighted by molar-refractivity contribution is -0.143. The van der Waals surface area contributed by atoms with Crippen molar-refractivity contribution < 1.29 is 14.4 Å². The second-order valence-electron chi connectivity index (χ2n) is 5.30. The van der Waals surface area contributed by atoms with Gasteiger partial charge in [0.15, 0.2) is 0 Å². The number of aromatic nitrogens is 2. The molecule has 0 saturated carbocycles. The van der Waals surface area contributed by atoms with Crippen LogP contribution < -0.4 is 0 Å². The largest absolute Gasteiger partial charge is 0.330 e. The minimum atomic E-state index is -0.661. The molecule has 0 radical (unpaired) electrons. The van der Waals surface area contributed by atoms with Gasteiger partial charge < -0.3 is 4.90 Å². The first-order valence-corrected chi connectivity index (χ1v) is 7.01. The van der Waals surface area contributed by atoms with Gasteiger partial charge in [0, 0.05) is 26.8 Å². The lowest BCUT2D eigenvalue weighted by Crippen LogP contribution is -2.45. The number of imide groups is 1. The molecule has 1 aromatic rings. The highest BCUT2D eigenvalue weighted by molar-refractivity contribution is 6.06. The molecule has 3 amide bonds. The summed E-state index contributed by atoms with van der Waals surface area (Å²) >= 11 is 0. The van der Waals surface area contributed by atoms with E-state index in [1.807, 2.05) is 6.92 Å². The van der Waals surface area contributed by atoms with Crippen LogP contribution in [0.2, 0.25) is 0 Å². The van der Waals surface area contributed by atoms with Crippen LogP contribution in [0.5, 0.6) is 0 Å². The van der Waals surface area contributed by atoms with Crippen LogP contribution in [0.1, 0.15) is 25.3 Å². The van der Waals surface area contributed by atoms with Gasteiger partial charge in [0.05, 0.1) is 19.0 Å². The van der Waals surface area contributed by atoms with Crippen molar-refractivity contribution in [3.8, 4) is 0 Å². The van der Waals surface area contributed by atoms with Gasteiger partial charge >= 0.3 is 0 Å². The van der Waals surface area contributed by atoms with E-state index in [1.165, 1.54) is 11.9 Å². The molecular formula is C14H20N4O3. The van der Waals surface area contributed by atoms with Crippen molar-refractivity contribution in [2.45, 2.75) is 32.2 Å². The summed E-state index contributed by atoms with van der Waals surface area (Å²) in [7, 11) is 3.24. The highest BCUT2D eigenvalue weighted by atomic mass is 16.2. The molecule has 0 unspecified atom stereocenters. The lowest BCUT2D eigenvalue weighted by atomic mass is 10.1. The topological polar surface area (TPSA) is 75.5 Å². The number of carbonyl (C=O) groups excluding carboxylic acids is 3. The summed E-state index contributed by atoms with van der Waals surface area (Å²) in [4.78, 5) is 38.8. The Morgan fingerprint density at radius 3 is 2.62 bits per heavy atom. The molecule has 1 saturated heterocycles. The van der Waals surface area contributed by atoms with E-state index < -0.39 is 6.04 Å². The van der Waals surface area contributed by atoms with Gasteiger partial charge in [-0.05, 0) is 12.0 Å². The van der Waals surface area contributed by atoms with Crippen LogP contribution in [0.25, 0.3) is 0 Å². The number of hydrogen-bond donors (Lipinski definition) is 0. The van der Waals surface area contributed by atoms with Crippen molar-refractivity contribution >= 4 is 17.7 Å². The van der Waals surface area contributed by atoms with Crippen LogP contribution >= 0.6 is 0 Å². The van der Waals surface area contributed by atoms with Crippen LogP contribution in [-0.2, 0) is 27.9 Å². The number of amides is 3. The fourth-order valence-electron chi connectivity index (χ4n) is 2.51. The summed E-state index contributed by atoms with van der Waals surface area (Å²) < 4.78 is 1.63. The molecule has 1 aliphatic heterocycles. The van der Waals surface area contributed by atoms with E-state index in [9.17, 15) is 14.4 Å². The van der Waals surface area contributed by atoms with E-state index in [0.29, 0.717) is 6.54 Å². The number of carbonyl (C=O) groups is 3. The van der Waals surface area contributed by atoms with Crippen molar-refractivity contribution in [1.82, 2.24) is 19.6 Å². The molecular weight excluding hydrogens is 272 g/mol. The second kappa shape index (κ2) is 6.07. The standard InChI is InChI=1S/C14H20N4O3/c1-4-5-18(11-7-12(19)17(3)14(11)21)13(20)6-10-8-15-16(2)9-10/h8-9,11H,4-7H2,1-3H3/t11-/m0/s1. The first kappa shape index (κ1) is 15.2. The molecule has 0 spiro atoms. The Labute approximate surface area is 123 Å². The van der Waals surface area contributed by atoms with Crippen LogP contribution in [0, 0.1) is 0 Å². The second-order valence-corrected chi connectivity index (χ2v) is 5.30. The monoisotopic (exact) mass is 292 g/mol. The fraction of sp³-hybridized carbons (Fsp3) is 0.571. The zero-order chi connectivity index (χ0) is 15.6. The molecule has 0 aliphatic carbocycles. The predicted molar refractivity (Wildman–Crippen MR) is 75.1 cm³/mol. The minimum absolute atomic E-state index is 0.0775. The van der Waals surface area contributed by atoms with Gasteiger partial charge in [0.2, 0.25) is 11.8 Å². The fourth-order valence-corrected chi connectivity index (χ4v) is 2.51. The Bertz CT molecular complexity index is 566. The summed E-state index contributed by atoms with van der Waals surface area (Å²) in [6.07, 6.45) is 4.41. The highest BCUT2D eigenvalue weighted by Crippen LogP contribution is 2.19. The maximum absolute atomic E-state index is 12.5. The number of nitrogens with zero attached hydrogens (tertiary/aromatic N) is 4. The number of aryl methyl sites for hydroxylation is 1. The first-order chi connectivity index (χ1) is 9.93. The molecule has 114 valence electrons. The minimum Gasteiger partial charge on any atom is -0.330 e. The van der Waals surface area contributed by atoms with Crippen LogP contribution in [0.15, 0.2) is 12.4 Å². The molecule has 7 heteroatoms. The van der Waals surface area contributed by atoms with E-state index >= 15 is 0 Å². The maximum Gasteiger partial charge on any atom is 0.252 e. The Morgan fingerprint density at radius 1 is 1.43 bits per heavy atom. The van der Waals surface area contributed by atoms with Crippen LogP contribution in [-0.4, -0.2) is 56.9 Å². The van der Waals surface area contributed by atoms with Crippen molar-refractivity contribution in [3.05, 3.63) is 18.0 Å². The summed E-state index contributed by atoms with van der Waals surface area (Å²) in [5.41, 5.74) is 0.800. The Balaban J connectivity index is 2.13. The van der Waals surface area contributed by atoms with Gasteiger partial charge in [-0.1, -0.05) is 6.92 Å². The average molecular weight is 292 g/mol. The molecule has 2 heterocycles. The average Bonchev–Trinajstić information content (AvgIpc) is 2.95. The van der Waals surface area contributed by atoms with Gasteiger partial charge in [0.1, 0.15) is 6.04 Å². The molecule has 2 rings (SSSR count). The zero-order valence-electron chi connectivity index (χ0n) is 12.6. The Hall–Kier alpha value is -2.18. The van der Waals surface area contributed by atoms with Crippen LogP contribution in [0.3, 0.4) is 0 Å². The third-order valence-electron chi connectivity index (χ3n) is 3.63.